The molecule has 0 saturated heterocycles. The molecule has 0 bridgehead atoms. The van der Waals surface area contributed by atoms with Crippen molar-refractivity contribution in [1.82, 2.24) is 4.98 Å². The van der Waals surface area contributed by atoms with Crippen molar-refractivity contribution in [3.8, 4) is 11.5 Å². The normalized spacial score (nSPS) is 15.8. The first-order valence-electron chi connectivity index (χ1n) is 5.51. The summed E-state index contributed by atoms with van der Waals surface area (Å²) in [5.74, 6) is 0.154. The number of furan rings is 1. The van der Waals surface area contributed by atoms with E-state index in [9.17, 15) is 4.79 Å². The van der Waals surface area contributed by atoms with Crippen LogP contribution in [-0.4, -0.2) is 16.1 Å². The van der Waals surface area contributed by atoms with Gasteiger partial charge in [0.15, 0.2) is 5.76 Å². The number of hydrogen-bond acceptors (Lipinski definition) is 4. The first-order valence-corrected chi connectivity index (χ1v) is 6.39. The minimum absolute atomic E-state index is 0.165. The number of thiazole rings is 1. The Morgan fingerprint density at radius 1 is 1.53 bits per heavy atom. The van der Waals surface area contributed by atoms with Crippen LogP contribution >= 0.6 is 11.3 Å². The average Bonchev–Trinajstić information content (AvgIpc) is 2.80. The molecule has 1 aliphatic carbocycles. The molecule has 0 radical (unpaired) electrons. The second-order valence-electron chi connectivity index (χ2n) is 4.20. The molecule has 2 aromatic heterocycles. The zero-order chi connectivity index (χ0) is 11.8. The lowest BCUT2D eigenvalue weighted by atomic mass is 9.86. The lowest BCUT2D eigenvalue weighted by molar-refractivity contribution is 0.0696. The van der Waals surface area contributed by atoms with E-state index in [1.165, 1.54) is 31.6 Å². The fourth-order valence-corrected chi connectivity index (χ4v) is 2.81. The zero-order valence-corrected chi connectivity index (χ0v) is 9.87. The van der Waals surface area contributed by atoms with Crippen LogP contribution in [0.3, 0.4) is 0 Å². The molecule has 2 heterocycles. The van der Waals surface area contributed by atoms with Gasteiger partial charge in [-0.15, -0.1) is 11.3 Å². The van der Waals surface area contributed by atoms with E-state index in [0.717, 1.165) is 10.7 Å². The summed E-state index contributed by atoms with van der Waals surface area (Å²) in [5, 5.41) is 11.9. The summed E-state index contributed by atoms with van der Waals surface area (Å²) >= 11 is 1.63. The van der Waals surface area contributed by atoms with E-state index >= 15 is 0 Å². The third kappa shape index (κ3) is 1.86. The number of aromatic carboxylic acids is 1. The summed E-state index contributed by atoms with van der Waals surface area (Å²) in [5.41, 5.74) is 0.905. The molecule has 0 atom stereocenters. The van der Waals surface area contributed by atoms with E-state index in [-0.39, 0.29) is 5.56 Å². The van der Waals surface area contributed by atoms with E-state index in [0.29, 0.717) is 11.7 Å². The summed E-state index contributed by atoms with van der Waals surface area (Å²) in [7, 11) is 0. The summed E-state index contributed by atoms with van der Waals surface area (Å²) in [4.78, 5) is 15.2. The van der Waals surface area contributed by atoms with Gasteiger partial charge < -0.3 is 9.52 Å². The highest BCUT2D eigenvalue weighted by molar-refractivity contribution is 7.10. The van der Waals surface area contributed by atoms with Crippen LogP contribution in [0.15, 0.2) is 22.1 Å². The second-order valence-corrected chi connectivity index (χ2v) is 5.09. The van der Waals surface area contributed by atoms with E-state index in [4.69, 9.17) is 9.52 Å². The van der Waals surface area contributed by atoms with E-state index in [1.54, 1.807) is 11.3 Å². The van der Waals surface area contributed by atoms with Crippen molar-refractivity contribution >= 4 is 17.3 Å². The van der Waals surface area contributed by atoms with E-state index < -0.39 is 5.97 Å². The second kappa shape index (κ2) is 4.00. The van der Waals surface area contributed by atoms with Gasteiger partial charge in [-0.1, -0.05) is 6.42 Å². The molecule has 0 aliphatic heterocycles. The van der Waals surface area contributed by atoms with Gasteiger partial charge in [0.2, 0.25) is 0 Å². The Hall–Kier alpha value is -1.62. The fourth-order valence-electron chi connectivity index (χ4n) is 1.83. The molecule has 4 nitrogen and oxygen atoms in total. The van der Waals surface area contributed by atoms with Crippen LogP contribution < -0.4 is 0 Å². The molecule has 1 aliphatic rings. The minimum Gasteiger partial charge on any atom is -0.478 e. The molecule has 0 aromatic carbocycles. The molecule has 1 fully saturated rings. The van der Waals surface area contributed by atoms with Crippen LogP contribution in [0.4, 0.5) is 0 Å². The molecule has 0 spiro atoms. The van der Waals surface area contributed by atoms with E-state index in [2.05, 4.69) is 4.98 Å². The number of carbonyl (C=O) groups is 1. The number of carboxylic acid groups (broad SMARTS) is 1. The lowest BCUT2D eigenvalue weighted by Crippen LogP contribution is -2.07. The smallest absolute Gasteiger partial charge is 0.338 e. The summed E-state index contributed by atoms with van der Waals surface area (Å²) in [6.45, 7) is 0. The zero-order valence-electron chi connectivity index (χ0n) is 9.05. The predicted molar refractivity (Wildman–Crippen MR) is 63.4 cm³/mol. The monoisotopic (exact) mass is 249 g/mol. The molecule has 3 rings (SSSR count). The van der Waals surface area contributed by atoms with Crippen LogP contribution in [0.2, 0.25) is 0 Å². The standard InChI is InChI=1S/C12H11NO3S/c14-12(15)8-4-10(16-5-8)9-6-17-11(13-9)7-2-1-3-7/h4-7H,1-3H2,(H,14,15). The Morgan fingerprint density at radius 3 is 2.94 bits per heavy atom. The average molecular weight is 249 g/mol. The van der Waals surface area contributed by atoms with Crippen LogP contribution in [0.5, 0.6) is 0 Å². The number of carboxylic acids is 1. The van der Waals surface area contributed by atoms with Gasteiger partial charge in [-0.05, 0) is 12.8 Å². The quantitative estimate of drug-likeness (QED) is 0.905. The number of hydrogen-bond donors (Lipinski definition) is 1. The molecule has 0 unspecified atom stereocenters. The van der Waals surface area contributed by atoms with Gasteiger partial charge in [-0.3, -0.25) is 0 Å². The van der Waals surface area contributed by atoms with Crippen LogP contribution in [-0.2, 0) is 0 Å². The predicted octanol–water partition coefficient (Wildman–Crippen LogP) is 3.37. The molecular weight excluding hydrogens is 238 g/mol. The van der Waals surface area contributed by atoms with Gasteiger partial charge in [-0.25, -0.2) is 9.78 Å². The maximum atomic E-state index is 10.7. The highest BCUT2D eigenvalue weighted by Gasteiger charge is 2.23. The molecule has 1 saturated carbocycles. The Morgan fingerprint density at radius 2 is 2.35 bits per heavy atom. The highest BCUT2D eigenvalue weighted by Crippen LogP contribution is 2.39. The van der Waals surface area contributed by atoms with Crippen molar-refractivity contribution < 1.29 is 14.3 Å². The Bertz CT molecular complexity index is 554. The SMILES string of the molecule is O=C(O)c1coc(-c2csc(C3CCC3)n2)c1. The lowest BCUT2D eigenvalue weighted by Gasteiger charge is -2.22. The molecular formula is C12H11NO3S. The largest absolute Gasteiger partial charge is 0.478 e. The third-order valence-electron chi connectivity index (χ3n) is 3.08. The molecule has 1 N–H and O–H groups in total. The molecule has 17 heavy (non-hydrogen) atoms. The summed E-state index contributed by atoms with van der Waals surface area (Å²) in [6.07, 6.45) is 4.96. The van der Waals surface area contributed by atoms with Gasteiger partial charge in [0, 0.05) is 17.4 Å². The molecule has 5 heteroatoms. The first kappa shape index (κ1) is 10.5. The topological polar surface area (TPSA) is 63.3 Å². The maximum Gasteiger partial charge on any atom is 0.338 e. The number of aromatic nitrogens is 1. The van der Waals surface area contributed by atoms with Crippen molar-refractivity contribution in [2.24, 2.45) is 0 Å². The summed E-state index contributed by atoms with van der Waals surface area (Å²) in [6, 6.07) is 1.52. The van der Waals surface area contributed by atoms with Crippen LogP contribution in [0.25, 0.3) is 11.5 Å². The fraction of sp³-hybridized carbons (Fsp3) is 0.333. The number of rotatable bonds is 3. The summed E-state index contributed by atoms with van der Waals surface area (Å²) < 4.78 is 5.22. The van der Waals surface area contributed by atoms with E-state index in [1.807, 2.05) is 5.38 Å². The van der Waals surface area contributed by atoms with Crippen molar-refractivity contribution in [3.63, 3.8) is 0 Å². The molecule has 0 amide bonds. The first-order chi connectivity index (χ1) is 8.24. The van der Waals surface area contributed by atoms with Crippen molar-refractivity contribution in [1.29, 1.82) is 0 Å². The van der Waals surface area contributed by atoms with Crippen molar-refractivity contribution in [2.45, 2.75) is 25.2 Å². The molecule has 2 aromatic rings. The highest BCUT2D eigenvalue weighted by atomic mass is 32.1. The van der Waals surface area contributed by atoms with Gasteiger partial charge in [0.25, 0.3) is 0 Å². The number of nitrogens with zero attached hydrogens (tertiary/aromatic N) is 1. The van der Waals surface area contributed by atoms with Gasteiger partial charge in [-0.2, -0.15) is 0 Å². The Kier molecular flexibility index (Phi) is 2.48. The van der Waals surface area contributed by atoms with Gasteiger partial charge >= 0.3 is 5.97 Å². The van der Waals surface area contributed by atoms with Gasteiger partial charge in [0.1, 0.15) is 12.0 Å². The van der Waals surface area contributed by atoms with Gasteiger partial charge in [0.05, 0.1) is 10.6 Å². The van der Waals surface area contributed by atoms with Crippen molar-refractivity contribution in [3.05, 3.63) is 28.3 Å². The van der Waals surface area contributed by atoms with Crippen molar-refractivity contribution in [2.75, 3.05) is 0 Å². The maximum absolute atomic E-state index is 10.7. The molecule has 88 valence electrons. The Labute approximate surface area is 102 Å². The third-order valence-corrected chi connectivity index (χ3v) is 4.08. The van der Waals surface area contributed by atoms with Crippen LogP contribution in [0.1, 0.15) is 40.5 Å². The van der Waals surface area contributed by atoms with Crippen LogP contribution in [0, 0.1) is 0 Å². The Balaban J connectivity index is 1.87. The minimum atomic E-state index is -0.977.